The minimum Gasteiger partial charge on any atom is -0.198 e. The van der Waals surface area contributed by atoms with E-state index in [9.17, 15) is 0 Å². The van der Waals surface area contributed by atoms with Crippen molar-refractivity contribution in [3.05, 3.63) is 0 Å². The van der Waals surface area contributed by atoms with Crippen LogP contribution in [0.4, 0.5) is 0 Å². The third kappa shape index (κ3) is 7.24. The fraction of sp³-hybridized carbons (Fsp3) is 0.967. The van der Waals surface area contributed by atoms with E-state index in [1.165, 1.54) is 89.9 Å². The lowest BCUT2D eigenvalue weighted by molar-refractivity contribution is 0.120. The molecule has 178 valence electrons. The van der Waals surface area contributed by atoms with Gasteiger partial charge in [0.2, 0.25) is 0 Å². The predicted molar refractivity (Wildman–Crippen MR) is 134 cm³/mol. The second-order valence-electron chi connectivity index (χ2n) is 12.9. The summed E-state index contributed by atoms with van der Waals surface area (Å²) in [5.74, 6) is 8.92. The molecule has 0 N–H and O–H groups in total. The fourth-order valence-electron chi connectivity index (χ4n) is 7.49. The summed E-state index contributed by atoms with van der Waals surface area (Å²) in [6.07, 6.45) is 20.2. The summed E-state index contributed by atoms with van der Waals surface area (Å²) < 4.78 is 0. The van der Waals surface area contributed by atoms with Crippen LogP contribution in [-0.4, -0.2) is 0 Å². The lowest BCUT2D eigenvalue weighted by atomic mass is 9.66. The zero-order valence-electron chi connectivity index (χ0n) is 21.6. The molecule has 0 saturated heterocycles. The highest BCUT2D eigenvalue weighted by molar-refractivity contribution is 4.93. The standard InChI is InChI=1S/C15H25N.C15H28/c1-11-3-6-13(7-4-11)14-8-5-12(2)15(9-14)10-16;1-11-4-7-14(8-5-11)15-9-6-12(2)13(3)10-15/h11-15H,3-9H2,1-2H3;11-15H,4-10H2,1-3H3/t11?,12-,13?,14?,15?;11?,12?,13-,14?,15?/m11/s1. The number of hydrogen-bond acceptors (Lipinski definition) is 1. The number of nitrogens with zero attached hydrogens (tertiary/aromatic N) is 1. The van der Waals surface area contributed by atoms with Crippen LogP contribution in [0, 0.1) is 70.5 Å². The summed E-state index contributed by atoms with van der Waals surface area (Å²) in [5, 5.41) is 9.17. The molecule has 4 aliphatic rings. The van der Waals surface area contributed by atoms with Gasteiger partial charge in [-0.15, -0.1) is 0 Å². The van der Waals surface area contributed by atoms with E-state index in [0.29, 0.717) is 11.8 Å². The van der Waals surface area contributed by atoms with Crippen molar-refractivity contribution >= 4 is 0 Å². The van der Waals surface area contributed by atoms with Gasteiger partial charge in [-0.2, -0.15) is 5.26 Å². The van der Waals surface area contributed by atoms with E-state index in [4.69, 9.17) is 5.26 Å². The highest BCUT2D eigenvalue weighted by Gasteiger charge is 2.34. The van der Waals surface area contributed by atoms with Crippen molar-refractivity contribution in [3.63, 3.8) is 0 Å². The van der Waals surface area contributed by atoms with Gasteiger partial charge in [0.15, 0.2) is 0 Å². The Kier molecular flexibility index (Phi) is 9.80. The summed E-state index contributed by atoms with van der Waals surface area (Å²) in [7, 11) is 0. The molecule has 0 radical (unpaired) electrons. The van der Waals surface area contributed by atoms with Gasteiger partial charge in [0.25, 0.3) is 0 Å². The van der Waals surface area contributed by atoms with Gasteiger partial charge in [-0.3, -0.25) is 0 Å². The molecule has 0 amide bonds. The van der Waals surface area contributed by atoms with E-state index in [-0.39, 0.29) is 0 Å². The predicted octanol–water partition coefficient (Wildman–Crippen LogP) is 9.27. The molecule has 0 aromatic heterocycles. The van der Waals surface area contributed by atoms with Crippen molar-refractivity contribution < 1.29 is 0 Å². The maximum atomic E-state index is 9.17. The van der Waals surface area contributed by atoms with Gasteiger partial charge in [-0.05, 0) is 111 Å². The van der Waals surface area contributed by atoms with Gasteiger partial charge < -0.3 is 0 Å². The molecular weight excluding hydrogens is 374 g/mol. The Labute approximate surface area is 195 Å². The van der Waals surface area contributed by atoms with Gasteiger partial charge in [-0.25, -0.2) is 0 Å². The van der Waals surface area contributed by atoms with Crippen LogP contribution in [0.2, 0.25) is 0 Å². The van der Waals surface area contributed by atoms with E-state index in [1.807, 2.05) is 0 Å². The lowest BCUT2D eigenvalue weighted by Gasteiger charge is -2.39. The van der Waals surface area contributed by atoms with E-state index in [0.717, 1.165) is 47.3 Å². The van der Waals surface area contributed by atoms with Gasteiger partial charge in [0, 0.05) is 5.92 Å². The minimum absolute atomic E-state index is 0.345. The summed E-state index contributed by atoms with van der Waals surface area (Å²) in [4.78, 5) is 0. The molecule has 31 heavy (non-hydrogen) atoms. The Morgan fingerprint density at radius 1 is 0.452 bits per heavy atom. The summed E-state index contributed by atoms with van der Waals surface area (Å²) in [5.41, 5.74) is 0. The van der Waals surface area contributed by atoms with Crippen molar-refractivity contribution in [2.45, 2.75) is 125 Å². The molecule has 4 rings (SSSR count). The Hall–Kier alpha value is -0.510. The molecule has 0 heterocycles. The summed E-state index contributed by atoms with van der Waals surface area (Å²) >= 11 is 0. The minimum atomic E-state index is 0.345. The molecule has 0 aromatic rings. The largest absolute Gasteiger partial charge is 0.198 e. The number of hydrogen-bond donors (Lipinski definition) is 0. The van der Waals surface area contributed by atoms with Crippen LogP contribution in [0.1, 0.15) is 125 Å². The van der Waals surface area contributed by atoms with Gasteiger partial charge in [0.05, 0.1) is 6.07 Å². The second-order valence-corrected chi connectivity index (χ2v) is 12.9. The first-order valence-corrected chi connectivity index (χ1v) is 14.3. The van der Waals surface area contributed by atoms with Crippen molar-refractivity contribution in [2.75, 3.05) is 0 Å². The molecule has 0 aromatic carbocycles. The smallest absolute Gasteiger partial charge is 0.0658 e. The first kappa shape index (κ1) is 25.1. The fourth-order valence-corrected chi connectivity index (χ4v) is 7.49. The normalized spacial score (nSPS) is 46.3. The molecule has 0 bridgehead atoms. The van der Waals surface area contributed by atoms with Crippen molar-refractivity contribution in [1.82, 2.24) is 0 Å². The number of nitriles is 1. The molecule has 1 nitrogen and oxygen atoms in total. The maximum absolute atomic E-state index is 9.17. The number of rotatable bonds is 2. The Balaban J connectivity index is 0.000000176. The molecule has 6 atom stereocenters. The summed E-state index contributed by atoms with van der Waals surface area (Å²) in [6.45, 7) is 12.0. The van der Waals surface area contributed by atoms with E-state index >= 15 is 0 Å². The maximum Gasteiger partial charge on any atom is 0.0658 e. The van der Waals surface area contributed by atoms with Crippen LogP contribution < -0.4 is 0 Å². The Morgan fingerprint density at radius 3 is 1.32 bits per heavy atom. The average molecular weight is 428 g/mol. The van der Waals surface area contributed by atoms with E-state index < -0.39 is 0 Å². The van der Waals surface area contributed by atoms with Gasteiger partial charge in [0.1, 0.15) is 0 Å². The molecule has 4 unspecified atom stereocenters. The first-order valence-electron chi connectivity index (χ1n) is 14.3. The third-order valence-corrected chi connectivity index (χ3v) is 10.5. The highest BCUT2D eigenvalue weighted by atomic mass is 14.4. The molecule has 4 saturated carbocycles. The SMILES string of the molecule is CC1CCC(C2CCC(C)[C@H](C)C2)CC1.CC1CCC(C2CC[C@@H](C)C(C#N)C2)CC1. The van der Waals surface area contributed by atoms with Crippen LogP contribution in [0.15, 0.2) is 0 Å². The molecule has 1 heteroatoms. The quantitative estimate of drug-likeness (QED) is 0.430. The average Bonchev–Trinajstić information content (AvgIpc) is 2.78. The zero-order valence-corrected chi connectivity index (χ0v) is 21.6. The van der Waals surface area contributed by atoms with Gasteiger partial charge in [-0.1, -0.05) is 66.7 Å². The lowest BCUT2D eigenvalue weighted by Crippen LogP contribution is -2.29. The first-order chi connectivity index (χ1) is 14.9. The van der Waals surface area contributed by atoms with Crippen molar-refractivity contribution in [3.8, 4) is 6.07 Å². The monoisotopic (exact) mass is 427 g/mol. The molecule has 0 aliphatic heterocycles. The second kappa shape index (κ2) is 12.1. The molecule has 4 aliphatic carbocycles. The molecule has 0 spiro atoms. The van der Waals surface area contributed by atoms with Crippen LogP contribution in [0.25, 0.3) is 0 Å². The topological polar surface area (TPSA) is 23.8 Å². The highest BCUT2D eigenvalue weighted by Crippen LogP contribution is 2.44. The third-order valence-electron chi connectivity index (χ3n) is 10.5. The molecule has 4 fully saturated rings. The Morgan fingerprint density at radius 2 is 0.871 bits per heavy atom. The summed E-state index contributed by atoms with van der Waals surface area (Å²) in [6, 6.07) is 2.53. The van der Waals surface area contributed by atoms with Crippen LogP contribution >= 0.6 is 0 Å². The van der Waals surface area contributed by atoms with Crippen molar-refractivity contribution in [1.29, 1.82) is 5.26 Å². The van der Waals surface area contributed by atoms with E-state index in [2.05, 4.69) is 40.7 Å². The van der Waals surface area contributed by atoms with Crippen LogP contribution in [-0.2, 0) is 0 Å². The van der Waals surface area contributed by atoms with Crippen LogP contribution in [0.5, 0.6) is 0 Å². The zero-order chi connectivity index (χ0) is 22.4. The van der Waals surface area contributed by atoms with Crippen molar-refractivity contribution in [2.24, 2.45) is 59.2 Å². The van der Waals surface area contributed by atoms with E-state index in [1.54, 1.807) is 0 Å². The molecular formula is C30H53N. The van der Waals surface area contributed by atoms with Crippen LogP contribution in [0.3, 0.4) is 0 Å². The van der Waals surface area contributed by atoms with Gasteiger partial charge >= 0.3 is 0 Å². The Bertz CT molecular complexity index is 545.